The first-order chi connectivity index (χ1) is 9.74. The largest absolute Gasteiger partial charge is 0.463 e. The van der Waals surface area contributed by atoms with Gasteiger partial charge in [0.15, 0.2) is 0 Å². The molecule has 6 nitrogen and oxygen atoms in total. The second kappa shape index (κ2) is 7.26. The predicted octanol–water partition coefficient (Wildman–Crippen LogP) is 2.40. The molecule has 0 spiro atoms. The first-order valence-electron chi connectivity index (χ1n) is 7.65. The minimum atomic E-state index is 0.238. The average Bonchev–Trinajstić information content (AvgIpc) is 2.45. The fourth-order valence-electron chi connectivity index (χ4n) is 2.64. The van der Waals surface area contributed by atoms with Crippen LogP contribution in [0.3, 0.4) is 0 Å². The Hall–Kier alpha value is -1.59. The molecule has 0 aromatic carbocycles. The first kappa shape index (κ1) is 14.8. The summed E-state index contributed by atoms with van der Waals surface area (Å²) in [5, 5.41) is 0. The lowest BCUT2D eigenvalue weighted by atomic mass is 9.99. The summed E-state index contributed by atoms with van der Waals surface area (Å²) in [7, 11) is 0. The van der Waals surface area contributed by atoms with E-state index in [1.807, 2.05) is 6.92 Å². The molecule has 1 aromatic heterocycles. The molecule has 2 heterocycles. The first-order valence-corrected chi connectivity index (χ1v) is 7.65. The van der Waals surface area contributed by atoms with E-state index in [4.69, 9.17) is 10.5 Å². The zero-order valence-corrected chi connectivity index (χ0v) is 12.5. The van der Waals surface area contributed by atoms with Gasteiger partial charge in [-0.2, -0.15) is 15.0 Å². The van der Waals surface area contributed by atoms with Crippen LogP contribution in [0.15, 0.2) is 0 Å². The highest BCUT2D eigenvalue weighted by Crippen LogP contribution is 2.25. The van der Waals surface area contributed by atoms with E-state index in [2.05, 4.69) is 26.8 Å². The third-order valence-electron chi connectivity index (χ3n) is 3.56. The van der Waals surface area contributed by atoms with E-state index in [1.54, 1.807) is 0 Å². The van der Waals surface area contributed by atoms with Crippen LogP contribution in [-0.4, -0.2) is 34.1 Å². The molecule has 6 heteroatoms. The molecule has 2 rings (SSSR count). The van der Waals surface area contributed by atoms with E-state index in [0.717, 1.165) is 19.4 Å². The molecule has 0 aliphatic carbocycles. The number of rotatable bonds is 6. The maximum absolute atomic E-state index is 5.79. The van der Waals surface area contributed by atoms with Crippen molar-refractivity contribution in [1.29, 1.82) is 0 Å². The van der Waals surface area contributed by atoms with Crippen molar-refractivity contribution in [3.63, 3.8) is 0 Å². The van der Waals surface area contributed by atoms with Gasteiger partial charge in [-0.25, -0.2) is 0 Å². The Balaban J connectivity index is 2.18. The van der Waals surface area contributed by atoms with Gasteiger partial charge < -0.3 is 15.4 Å². The zero-order chi connectivity index (χ0) is 14.4. The average molecular weight is 279 g/mol. The Kier molecular flexibility index (Phi) is 5.38. The number of ether oxygens (including phenoxy) is 1. The normalized spacial score (nSPS) is 19.1. The highest BCUT2D eigenvalue weighted by atomic mass is 16.5. The molecule has 1 atom stereocenters. The fourth-order valence-corrected chi connectivity index (χ4v) is 2.64. The molecule has 1 unspecified atom stereocenters. The van der Waals surface area contributed by atoms with Gasteiger partial charge in [0.05, 0.1) is 6.61 Å². The van der Waals surface area contributed by atoms with Gasteiger partial charge in [0, 0.05) is 12.6 Å². The number of nitrogens with two attached hydrogens (primary N) is 1. The molecule has 2 N–H and O–H groups in total. The number of aromatic nitrogens is 3. The Bertz CT molecular complexity index is 424. The molecule has 1 saturated heterocycles. The van der Waals surface area contributed by atoms with Crippen LogP contribution in [0.4, 0.5) is 11.9 Å². The van der Waals surface area contributed by atoms with Crippen LogP contribution in [0.25, 0.3) is 0 Å². The van der Waals surface area contributed by atoms with Gasteiger partial charge in [-0.15, -0.1) is 0 Å². The van der Waals surface area contributed by atoms with Crippen LogP contribution in [0.2, 0.25) is 0 Å². The fraction of sp³-hybridized carbons (Fsp3) is 0.786. The van der Waals surface area contributed by atoms with Crippen molar-refractivity contribution in [2.45, 2.75) is 58.4 Å². The number of hydrogen-bond donors (Lipinski definition) is 1. The summed E-state index contributed by atoms with van der Waals surface area (Å²) in [6.07, 6.45) is 6.91. The second-order valence-electron chi connectivity index (χ2n) is 5.26. The lowest BCUT2D eigenvalue weighted by molar-refractivity contribution is 0.291. The van der Waals surface area contributed by atoms with Crippen LogP contribution in [-0.2, 0) is 0 Å². The number of hydrogen-bond acceptors (Lipinski definition) is 6. The van der Waals surface area contributed by atoms with Crippen molar-refractivity contribution in [1.82, 2.24) is 15.0 Å². The van der Waals surface area contributed by atoms with Crippen LogP contribution in [0.1, 0.15) is 52.4 Å². The molecule has 0 radical (unpaired) electrons. The van der Waals surface area contributed by atoms with Gasteiger partial charge in [0.1, 0.15) is 0 Å². The second-order valence-corrected chi connectivity index (χ2v) is 5.26. The van der Waals surface area contributed by atoms with Gasteiger partial charge in [-0.1, -0.05) is 20.3 Å². The van der Waals surface area contributed by atoms with E-state index < -0.39 is 0 Å². The van der Waals surface area contributed by atoms with Crippen LogP contribution < -0.4 is 15.4 Å². The topological polar surface area (TPSA) is 77.2 Å². The minimum absolute atomic E-state index is 0.238. The molecule has 1 aromatic rings. The number of nitrogen functional groups attached to an aromatic ring is 1. The van der Waals surface area contributed by atoms with E-state index in [1.165, 1.54) is 25.7 Å². The maximum atomic E-state index is 5.79. The third-order valence-corrected chi connectivity index (χ3v) is 3.56. The maximum Gasteiger partial charge on any atom is 0.323 e. The molecule has 0 bridgehead atoms. The summed E-state index contributed by atoms with van der Waals surface area (Å²) in [5.74, 6) is 0.906. The number of piperidine rings is 1. The highest BCUT2D eigenvalue weighted by Gasteiger charge is 2.24. The number of nitrogens with zero attached hydrogens (tertiary/aromatic N) is 4. The van der Waals surface area contributed by atoms with E-state index in [-0.39, 0.29) is 5.95 Å². The van der Waals surface area contributed by atoms with Crippen LogP contribution >= 0.6 is 0 Å². The summed E-state index contributed by atoms with van der Waals surface area (Å²) < 4.78 is 5.49. The Morgan fingerprint density at radius 3 is 2.80 bits per heavy atom. The van der Waals surface area contributed by atoms with Crippen LogP contribution in [0.5, 0.6) is 6.01 Å². The van der Waals surface area contributed by atoms with E-state index >= 15 is 0 Å². The highest BCUT2D eigenvalue weighted by molar-refractivity contribution is 5.37. The molecule has 20 heavy (non-hydrogen) atoms. The molecular formula is C14H25N5O. The van der Waals surface area contributed by atoms with Gasteiger partial charge in [0.2, 0.25) is 11.9 Å². The Morgan fingerprint density at radius 1 is 1.20 bits per heavy atom. The molecule has 1 aliphatic rings. The molecular weight excluding hydrogens is 254 g/mol. The quantitative estimate of drug-likeness (QED) is 0.861. The minimum Gasteiger partial charge on any atom is -0.463 e. The summed E-state index contributed by atoms with van der Waals surface area (Å²) in [6.45, 7) is 5.85. The summed E-state index contributed by atoms with van der Waals surface area (Å²) in [4.78, 5) is 15.0. The molecule has 112 valence electrons. The monoisotopic (exact) mass is 279 g/mol. The molecule has 0 amide bonds. The lowest BCUT2D eigenvalue weighted by Gasteiger charge is -2.35. The van der Waals surface area contributed by atoms with Gasteiger partial charge in [-0.3, -0.25) is 0 Å². The van der Waals surface area contributed by atoms with Crippen molar-refractivity contribution in [3.05, 3.63) is 0 Å². The van der Waals surface area contributed by atoms with E-state index in [0.29, 0.717) is 24.6 Å². The zero-order valence-electron chi connectivity index (χ0n) is 12.5. The standard InChI is InChI=1S/C14H25N5O/c1-3-7-11-8-5-6-9-19(11)13-16-12(15)17-14(18-13)20-10-4-2/h11H,3-10H2,1-2H3,(H2,15,16,17,18). The molecule has 0 saturated carbocycles. The van der Waals surface area contributed by atoms with Crippen molar-refractivity contribution in [3.8, 4) is 6.01 Å². The van der Waals surface area contributed by atoms with E-state index in [9.17, 15) is 0 Å². The summed E-state index contributed by atoms with van der Waals surface area (Å²) in [6, 6.07) is 0.852. The smallest absolute Gasteiger partial charge is 0.323 e. The Morgan fingerprint density at radius 2 is 2.05 bits per heavy atom. The van der Waals surface area contributed by atoms with Gasteiger partial charge >= 0.3 is 6.01 Å². The SMILES string of the molecule is CCCOc1nc(N)nc(N2CCCCC2CCC)n1. The molecule has 1 aliphatic heterocycles. The van der Waals surface area contributed by atoms with Crippen molar-refractivity contribution >= 4 is 11.9 Å². The van der Waals surface area contributed by atoms with Crippen molar-refractivity contribution in [2.75, 3.05) is 23.8 Å². The van der Waals surface area contributed by atoms with Crippen molar-refractivity contribution < 1.29 is 4.74 Å². The van der Waals surface area contributed by atoms with Crippen LogP contribution in [0, 0.1) is 0 Å². The molecule has 1 fully saturated rings. The lowest BCUT2D eigenvalue weighted by Crippen LogP contribution is -2.40. The van der Waals surface area contributed by atoms with Crippen molar-refractivity contribution in [2.24, 2.45) is 0 Å². The summed E-state index contributed by atoms with van der Waals surface area (Å²) >= 11 is 0. The number of anilines is 2. The Labute approximate surface area is 120 Å². The summed E-state index contributed by atoms with van der Waals surface area (Å²) in [5.41, 5.74) is 5.79. The third kappa shape index (κ3) is 3.71. The predicted molar refractivity (Wildman–Crippen MR) is 79.9 cm³/mol. The van der Waals surface area contributed by atoms with Gasteiger partial charge in [-0.05, 0) is 32.1 Å². The van der Waals surface area contributed by atoms with Gasteiger partial charge in [0.25, 0.3) is 0 Å².